The first-order chi connectivity index (χ1) is 12.2. The Kier molecular flexibility index (Phi) is 4.72. The van der Waals surface area contributed by atoms with Crippen LogP contribution in [0.5, 0.6) is 0 Å². The van der Waals surface area contributed by atoms with E-state index in [-0.39, 0.29) is 5.41 Å². The van der Waals surface area contributed by atoms with Crippen molar-refractivity contribution in [1.82, 2.24) is 14.8 Å². The lowest BCUT2D eigenvalue weighted by molar-refractivity contribution is 0.0481. The third kappa shape index (κ3) is 3.29. The molecule has 1 aliphatic heterocycles. The maximum atomic E-state index is 14.0. The van der Waals surface area contributed by atoms with Crippen molar-refractivity contribution in [2.45, 2.75) is 49.0 Å². The number of hydrogen-bond donors (Lipinski definition) is 1. The van der Waals surface area contributed by atoms with Crippen molar-refractivity contribution in [2.75, 3.05) is 0 Å². The smallest absolute Gasteiger partial charge is 0.169 e. The van der Waals surface area contributed by atoms with Crippen molar-refractivity contribution in [3.05, 3.63) is 54.9 Å². The number of hydrogen-bond acceptors (Lipinski definition) is 4. The second kappa shape index (κ2) is 6.57. The Bertz CT molecular complexity index is 879. The summed E-state index contributed by atoms with van der Waals surface area (Å²) in [5, 5.41) is 16.0. The van der Waals surface area contributed by atoms with Crippen LogP contribution in [0, 0.1) is 23.1 Å². The largest absolute Gasteiger partial charge is 0.372 e. The van der Waals surface area contributed by atoms with Crippen molar-refractivity contribution in [1.29, 1.82) is 0 Å². The summed E-state index contributed by atoms with van der Waals surface area (Å²) in [6.45, 7) is 10.2. The number of aromatic nitrogens is 3. The molecule has 2 heterocycles. The maximum Gasteiger partial charge on any atom is 0.169 e. The van der Waals surface area contributed by atoms with Crippen LogP contribution in [0.25, 0.3) is 0 Å². The van der Waals surface area contributed by atoms with E-state index in [4.69, 9.17) is 0 Å². The minimum Gasteiger partial charge on any atom is -0.372 e. The quantitative estimate of drug-likeness (QED) is 0.656. The first-order valence-corrected chi connectivity index (χ1v) is 9.20. The molecule has 2 aromatic rings. The van der Waals surface area contributed by atoms with Crippen LogP contribution >= 0.6 is 11.8 Å². The van der Waals surface area contributed by atoms with Crippen LogP contribution in [-0.2, 0) is 12.1 Å². The zero-order valence-corrected chi connectivity index (χ0v) is 16.0. The van der Waals surface area contributed by atoms with Gasteiger partial charge < -0.3 is 5.11 Å². The Morgan fingerprint density at radius 1 is 1.42 bits per heavy atom. The van der Waals surface area contributed by atoms with Crippen LogP contribution in [0.15, 0.2) is 48.4 Å². The van der Waals surface area contributed by atoms with E-state index in [9.17, 15) is 9.50 Å². The van der Waals surface area contributed by atoms with Crippen LogP contribution in [0.4, 0.5) is 4.39 Å². The monoisotopic (exact) mass is 371 g/mol. The average molecular weight is 371 g/mol. The number of aliphatic hydroxyl groups is 1. The fourth-order valence-electron chi connectivity index (χ4n) is 3.07. The number of rotatable bonds is 4. The highest BCUT2D eigenvalue weighted by molar-refractivity contribution is 8.01. The van der Waals surface area contributed by atoms with Crippen LogP contribution in [-0.4, -0.2) is 24.6 Å². The summed E-state index contributed by atoms with van der Waals surface area (Å²) >= 11 is 1.49. The minimum atomic E-state index is -1.54. The summed E-state index contributed by atoms with van der Waals surface area (Å²) in [6, 6.07) is 4.49. The standard InChI is InChI=1S/C20H22FN3OS/c1-5-8-19(12-24-14-22-13-23-24)20(25,10-9-18(2,3)4)16-11-15(21)6-7-17(16)26-19/h5-7,11,13-14,25H,1,8,12H2,2-4H3. The zero-order valence-electron chi connectivity index (χ0n) is 15.2. The van der Waals surface area contributed by atoms with Crippen LogP contribution < -0.4 is 0 Å². The van der Waals surface area contributed by atoms with E-state index >= 15 is 0 Å². The van der Waals surface area contributed by atoms with Crippen molar-refractivity contribution in [2.24, 2.45) is 5.41 Å². The SMILES string of the molecule is C=CCC1(Cn2cncn2)Sc2ccc(F)cc2C1(O)C#CC(C)(C)C. The molecule has 26 heavy (non-hydrogen) atoms. The molecule has 6 heteroatoms. The highest BCUT2D eigenvalue weighted by atomic mass is 32.2. The number of fused-ring (bicyclic) bond motifs is 1. The highest BCUT2D eigenvalue weighted by Gasteiger charge is 2.57. The first kappa shape index (κ1) is 18.7. The van der Waals surface area contributed by atoms with Gasteiger partial charge in [-0.25, -0.2) is 9.37 Å². The van der Waals surface area contributed by atoms with Gasteiger partial charge in [0.15, 0.2) is 5.60 Å². The van der Waals surface area contributed by atoms with Gasteiger partial charge in [0.25, 0.3) is 0 Å². The second-order valence-electron chi connectivity index (χ2n) is 7.53. The summed E-state index contributed by atoms with van der Waals surface area (Å²) in [5.74, 6) is 5.83. The lowest BCUT2D eigenvalue weighted by Crippen LogP contribution is -2.48. The van der Waals surface area contributed by atoms with Crippen molar-refractivity contribution >= 4 is 11.8 Å². The molecule has 0 saturated heterocycles. The molecule has 0 aliphatic carbocycles. The van der Waals surface area contributed by atoms with Gasteiger partial charge in [-0.2, -0.15) is 5.10 Å². The third-order valence-corrected chi connectivity index (χ3v) is 5.83. The van der Waals surface area contributed by atoms with E-state index < -0.39 is 16.2 Å². The molecule has 1 aromatic heterocycles. The highest BCUT2D eigenvalue weighted by Crippen LogP contribution is 2.58. The number of nitrogens with zero attached hydrogens (tertiary/aromatic N) is 3. The number of allylic oxidation sites excluding steroid dienone is 1. The summed E-state index contributed by atoms with van der Waals surface area (Å²) in [5.41, 5.74) is -1.34. The van der Waals surface area contributed by atoms with Crippen LogP contribution in [0.2, 0.25) is 0 Å². The molecule has 3 rings (SSSR count). The van der Waals surface area contributed by atoms with E-state index in [1.165, 1.54) is 30.2 Å². The summed E-state index contributed by atoms with van der Waals surface area (Å²) < 4.78 is 14.9. The molecule has 0 bridgehead atoms. The molecular formula is C20H22FN3OS. The molecule has 1 aromatic carbocycles. The molecule has 0 spiro atoms. The van der Waals surface area contributed by atoms with Gasteiger partial charge >= 0.3 is 0 Å². The molecule has 136 valence electrons. The number of benzene rings is 1. The fourth-order valence-corrected chi connectivity index (χ4v) is 4.65. The van der Waals surface area contributed by atoms with Crippen LogP contribution in [0.3, 0.4) is 0 Å². The van der Waals surface area contributed by atoms with Gasteiger partial charge in [-0.05, 0) is 45.4 Å². The molecule has 0 amide bonds. The minimum absolute atomic E-state index is 0.302. The average Bonchev–Trinajstić information content (AvgIpc) is 3.13. The van der Waals surface area contributed by atoms with Gasteiger partial charge in [-0.1, -0.05) is 17.9 Å². The molecule has 0 fully saturated rings. The third-order valence-electron chi connectivity index (χ3n) is 4.27. The van der Waals surface area contributed by atoms with E-state index in [0.29, 0.717) is 18.5 Å². The number of halogens is 1. The topological polar surface area (TPSA) is 50.9 Å². The number of thioether (sulfide) groups is 1. The Hall–Kier alpha value is -2.10. The molecule has 1 N–H and O–H groups in total. The zero-order chi connectivity index (χ0) is 19.0. The summed E-state index contributed by atoms with van der Waals surface area (Å²) in [6.07, 6.45) is 5.29. The Morgan fingerprint density at radius 2 is 2.19 bits per heavy atom. The lowest BCUT2D eigenvalue weighted by atomic mass is 9.78. The Balaban J connectivity index is 2.20. The molecule has 2 atom stereocenters. The summed E-state index contributed by atoms with van der Waals surface area (Å²) in [4.78, 5) is 4.81. The van der Waals surface area contributed by atoms with Gasteiger partial charge in [0.2, 0.25) is 0 Å². The van der Waals surface area contributed by atoms with Gasteiger partial charge in [0.1, 0.15) is 18.5 Å². The van der Waals surface area contributed by atoms with Crippen molar-refractivity contribution in [3.8, 4) is 11.8 Å². The first-order valence-electron chi connectivity index (χ1n) is 8.38. The molecule has 2 unspecified atom stereocenters. The molecule has 0 radical (unpaired) electrons. The van der Waals surface area contributed by atoms with E-state index in [1.807, 2.05) is 20.8 Å². The summed E-state index contributed by atoms with van der Waals surface area (Å²) in [7, 11) is 0. The second-order valence-corrected chi connectivity index (χ2v) is 8.96. The predicted octanol–water partition coefficient (Wildman–Crippen LogP) is 3.78. The van der Waals surface area contributed by atoms with E-state index in [0.717, 1.165) is 4.90 Å². The normalized spacial score (nSPS) is 24.7. The van der Waals surface area contributed by atoms with Crippen molar-refractivity contribution in [3.63, 3.8) is 0 Å². The van der Waals surface area contributed by atoms with E-state index in [1.54, 1.807) is 23.2 Å². The molecule has 1 aliphatic rings. The molecular weight excluding hydrogens is 349 g/mol. The molecule has 4 nitrogen and oxygen atoms in total. The van der Waals surface area contributed by atoms with E-state index in [2.05, 4.69) is 28.5 Å². The van der Waals surface area contributed by atoms with Gasteiger partial charge in [-0.15, -0.1) is 18.3 Å². The lowest BCUT2D eigenvalue weighted by Gasteiger charge is -2.38. The van der Waals surface area contributed by atoms with Gasteiger partial charge in [0, 0.05) is 15.9 Å². The van der Waals surface area contributed by atoms with Crippen molar-refractivity contribution < 1.29 is 9.50 Å². The fraction of sp³-hybridized carbons (Fsp3) is 0.400. The Morgan fingerprint density at radius 3 is 2.81 bits per heavy atom. The molecule has 0 saturated carbocycles. The Labute approximate surface area is 157 Å². The van der Waals surface area contributed by atoms with Crippen LogP contribution in [0.1, 0.15) is 32.8 Å². The predicted molar refractivity (Wildman–Crippen MR) is 101 cm³/mol. The maximum absolute atomic E-state index is 14.0. The van der Waals surface area contributed by atoms with Gasteiger partial charge in [0.05, 0.1) is 11.3 Å². The van der Waals surface area contributed by atoms with Gasteiger partial charge in [-0.3, -0.25) is 4.68 Å².